The first kappa shape index (κ1) is 19.5. The Hall–Kier alpha value is -2.77. The molecule has 2 aliphatic rings. The molecule has 2 bridgehead atoms. The van der Waals surface area contributed by atoms with Crippen molar-refractivity contribution in [2.24, 2.45) is 13.0 Å². The zero-order valence-electron chi connectivity index (χ0n) is 17.3. The number of fused-ring (bicyclic) bond motifs is 2. The molecule has 2 amide bonds. The third-order valence-electron chi connectivity index (χ3n) is 6.41. The van der Waals surface area contributed by atoms with Crippen molar-refractivity contribution in [2.45, 2.75) is 58.0 Å². The molecule has 154 valence electrons. The summed E-state index contributed by atoms with van der Waals surface area (Å²) >= 11 is 0. The quantitative estimate of drug-likeness (QED) is 0.833. The Balaban J connectivity index is 1.39. The maximum Gasteiger partial charge on any atom is 0.273 e. The topological polar surface area (TPSA) is 93.0 Å². The molecule has 3 atom stereocenters. The van der Waals surface area contributed by atoms with Crippen LogP contribution < -0.4 is 5.32 Å². The molecule has 2 aromatic heterocycles. The highest BCUT2D eigenvalue weighted by Crippen LogP contribution is 2.39. The first-order valence-electron chi connectivity index (χ1n) is 10.4. The number of amides is 2. The van der Waals surface area contributed by atoms with Gasteiger partial charge < -0.3 is 10.2 Å². The molecule has 2 fully saturated rings. The van der Waals surface area contributed by atoms with Gasteiger partial charge >= 0.3 is 0 Å². The highest BCUT2D eigenvalue weighted by Gasteiger charge is 2.44. The van der Waals surface area contributed by atoms with Crippen molar-refractivity contribution in [3.8, 4) is 0 Å². The van der Waals surface area contributed by atoms with Crippen LogP contribution in [0.2, 0.25) is 0 Å². The van der Waals surface area contributed by atoms with Crippen LogP contribution in [0.3, 0.4) is 0 Å². The van der Waals surface area contributed by atoms with E-state index in [-0.39, 0.29) is 23.9 Å². The van der Waals surface area contributed by atoms with Gasteiger partial charge in [0.2, 0.25) is 0 Å². The fourth-order valence-corrected chi connectivity index (χ4v) is 4.76. The van der Waals surface area contributed by atoms with Gasteiger partial charge in [0.25, 0.3) is 11.8 Å². The highest BCUT2D eigenvalue weighted by atomic mass is 16.2. The van der Waals surface area contributed by atoms with E-state index in [1.807, 2.05) is 19.1 Å². The lowest BCUT2D eigenvalue weighted by Gasteiger charge is -2.39. The largest absolute Gasteiger partial charge is 0.350 e. The number of aromatic nitrogens is 4. The molecule has 29 heavy (non-hydrogen) atoms. The van der Waals surface area contributed by atoms with E-state index in [2.05, 4.69) is 32.4 Å². The molecule has 2 aliphatic heterocycles. The fraction of sp³-hybridized carbons (Fsp3) is 0.571. The lowest BCUT2D eigenvalue weighted by Crippen LogP contribution is -2.48. The summed E-state index contributed by atoms with van der Waals surface area (Å²) in [5.41, 5.74) is 2.73. The molecule has 8 nitrogen and oxygen atoms in total. The lowest BCUT2D eigenvalue weighted by atomic mass is 9.90. The SMILES string of the molecule is CCc1cccnc1C(=O)N1[C@@H]2CC[C@H]1CC(CNC(=O)c1nnn(C)c1C)C2. The van der Waals surface area contributed by atoms with Gasteiger partial charge in [-0.1, -0.05) is 18.2 Å². The van der Waals surface area contributed by atoms with Crippen LogP contribution in [0.5, 0.6) is 0 Å². The van der Waals surface area contributed by atoms with Gasteiger partial charge in [-0.3, -0.25) is 19.3 Å². The van der Waals surface area contributed by atoms with Crippen molar-refractivity contribution >= 4 is 11.8 Å². The summed E-state index contributed by atoms with van der Waals surface area (Å²) in [5, 5.41) is 10.9. The molecule has 1 N–H and O–H groups in total. The molecule has 4 rings (SSSR count). The molecule has 0 spiro atoms. The Labute approximate surface area is 170 Å². The van der Waals surface area contributed by atoms with E-state index in [1.165, 1.54) is 0 Å². The monoisotopic (exact) mass is 396 g/mol. The number of carbonyl (C=O) groups excluding carboxylic acids is 2. The van der Waals surface area contributed by atoms with Crippen molar-refractivity contribution in [2.75, 3.05) is 6.54 Å². The van der Waals surface area contributed by atoms with Crippen LogP contribution in [0, 0.1) is 12.8 Å². The molecule has 0 aromatic carbocycles. The van der Waals surface area contributed by atoms with Crippen molar-refractivity contribution in [3.63, 3.8) is 0 Å². The van der Waals surface area contributed by atoms with Gasteiger partial charge in [-0.05, 0) is 56.6 Å². The Kier molecular flexibility index (Phi) is 5.34. The number of pyridine rings is 1. The number of hydrogen-bond donors (Lipinski definition) is 1. The molecule has 0 saturated carbocycles. The van der Waals surface area contributed by atoms with Crippen LogP contribution in [0.4, 0.5) is 0 Å². The summed E-state index contributed by atoms with van der Waals surface area (Å²) in [4.78, 5) is 32.1. The summed E-state index contributed by atoms with van der Waals surface area (Å²) in [7, 11) is 1.77. The maximum absolute atomic E-state index is 13.2. The second-order valence-electron chi connectivity index (χ2n) is 8.16. The minimum Gasteiger partial charge on any atom is -0.350 e. The van der Waals surface area contributed by atoms with Gasteiger partial charge in [-0.25, -0.2) is 0 Å². The standard InChI is InChI=1S/C21H28N6O2/c1-4-15-6-5-9-22-19(15)21(29)27-16-7-8-17(27)11-14(10-16)12-23-20(28)18-13(2)26(3)25-24-18/h5-6,9,14,16-17H,4,7-8,10-12H2,1-3H3,(H,23,28)/t14?,16-,17+. The molecule has 4 heterocycles. The van der Waals surface area contributed by atoms with Gasteiger partial charge in [-0.2, -0.15) is 0 Å². The van der Waals surface area contributed by atoms with Crippen molar-refractivity contribution < 1.29 is 9.59 Å². The first-order chi connectivity index (χ1) is 14.0. The normalized spacial score (nSPS) is 23.3. The number of aryl methyl sites for hydroxylation is 2. The Morgan fingerprint density at radius 1 is 1.21 bits per heavy atom. The second kappa shape index (κ2) is 7.93. The van der Waals surface area contributed by atoms with E-state index in [4.69, 9.17) is 0 Å². The predicted molar refractivity (Wildman–Crippen MR) is 107 cm³/mol. The van der Waals surface area contributed by atoms with Crippen molar-refractivity contribution in [1.29, 1.82) is 0 Å². The minimum atomic E-state index is -0.178. The third kappa shape index (κ3) is 3.63. The van der Waals surface area contributed by atoms with Gasteiger partial charge in [0, 0.05) is 31.9 Å². The Bertz CT molecular complexity index is 910. The fourth-order valence-electron chi connectivity index (χ4n) is 4.76. The second-order valence-corrected chi connectivity index (χ2v) is 8.16. The van der Waals surface area contributed by atoms with E-state index in [1.54, 1.807) is 17.9 Å². The Morgan fingerprint density at radius 3 is 2.55 bits per heavy atom. The predicted octanol–water partition coefficient (Wildman–Crippen LogP) is 1.89. The van der Waals surface area contributed by atoms with Crippen LogP contribution in [0.15, 0.2) is 18.3 Å². The van der Waals surface area contributed by atoms with Crippen LogP contribution in [-0.2, 0) is 13.5 Å². The van der Waals surface area contributed by atoms with E-state index in [0.717, 1.165) is 43.4 Å². The number of rotatable bonds is 5. The molecule has 2 aromatic rings. The summed E-state index contributed by atoms with van der Waals surface area (Å²) in [5.74, 6) is 0.252. The van der Waals surface area contributed by atoms with Crippen molar-refractivity contribution in [3.05, 3.63) is 41.0 Å². The average Bonchev–Trinajstić information content (AvgIpc) is 3.21. The zero-order chi connectivity index (χ0) is 20.5. The third-order valence-corrected chi connectivity index (χ3v) is 6.41. The number of nitrogens with one attached hydrogen (secondary N) is 1. The van der Waals surface area contributed by atoms with Gasteiger partial charge in [-0.15, -0.1) is 5.10 Å². The number of nitrogens with zero attached hydrogens (tertiary/aromatic N) is 5. The number of piperidine rings is 1. The molecular weight excluding hydrogens is 368 g/mol. The molecule has 2 saturated heterocycles. The van der Waals surface area contributed by atoms with E-state index in [0.29, 0.717) is 23.9 Å². The van der Waals surface area contributed by atoms with Crippen molar-refractivity contribution in [1.82, 2.24) is 30.2 Å². The van der Waals surface area contributed by atoms with Gasteiger partial charge in [0.1, 0.15) is 5.69 Å². The minimum absolute atomic E-state index is 0.0626. The number of carbonyl (C=O) groups is 2. The van der Waals surface area contributed by atoms with E-state index < -0.39 is 0 Å². The molecule has 0 aliphatic carbocycles. The number of hydrogen-bond acceptors (Lipinski definition) is 5. The van der Waals surface area contributed by atoms with Crippen LogP contribution in [0.25, 0.3) is 0 Å². The molecule has 0 radical (unpaired) electrons. The van der Waals surface area contributed by atoms with E-state index >= 15 is 0 Å². The maximum atomic E-state index is 13.2. The summed E-state index contributed by atoms with van der Waals surface area (Å²) in [6.07, 6.45) is 6.38. The van der Waals surface area contributed by atoms with Crippen LogP contribution >= 0.6 is 0 Å². The Morgan fingerprint density at radius 2 is 1.93 bits per heavy atom. The molecule has 1 unspecified atom stereocenters. The van der Waals surface area contributed by atoms with Crippen LogP contribution in [0.1, 0.15) is 64.8 Å². The lowest BCUT2D eigenvalue weighted by molar-refractivity contribution is 0.0512. The van der Waals surface area contributed by atoms with Gasteiger partial charge in [0.15, 0.2) is 5.69 Å². The molecular formula is C21H28N6O2. The smallest absolute Gasteiger partial charge is 0.273 e. The van der Waals surface area contributed by atoms with Gasteiger partial charge in [0.05, 0.1) is 5.69 Å². The summed E-state index contributed by atoms with van der Waals surface area (Å²) in [6, 6.07) is 4.33. The average molecular weight is 396 g/mol. The molecule has 8 heteroatoms. The zero-order valence-corrected chi connectivity index (χ0v) is 17.3. The first-order valence-corrected chi connectivity index (χ1v) is 10.4. The summed E-state index contributed by atoms with van der Waals surface area (Å²) in [6.45, 7) is 4.49. The summed E-state index contributed by atoms with van der Waals surface area (Å²) < 4.78 is 1.60. The van der Waals surface area contributed by atoms with Crippen LogP contribution in [-0.4, -0.2) is 55.3 Å². The highest BCUT2D eigenvalue weighted by molar-refractivity contribution is 5.94. The van der Waals surface area contributed by atoms with E-state index in [9.17, 15) is 9.59 Å².